The highest BCUT2D eigenvalue weighted by atomic mass is 16.5. The van der Waals surface area contributed by atoms with Crippen molar-refractivity contribution in [1.82, 2.24) is 0 Å². The minimum Gasteiger partial charge on any atom is -0.492 e. The van der Waals surface area contributed by atoms with Crippen LogP contribution in [-0.2, 0) is 11.3 Å². The van der Waals surface area contributed by atoms with Gasteiger partial charge in [-0.15, -0.1) is 0 Å². The van der Waals surface area contributed by atoms with Crippen LogP contribution in [0.2, 0.25) is 0 Å². The van der Waals surface area contributed by atoms with Crippen molar-refractivity contribution < 1.29 is 14.6 Å². The molecule has 1 rings (SSSR count). The maximum atomic E-state index is 10.9. The van der Waals surface area contributed by atoms with E-state index in [-0.39, 0.29) is 6.61 Å². The Morgan fingerprint density at radius 3 is 2.62 bits per heavy atom. The van der Waals surface area contributed by atoms with Crippen LogP contribution in [0.25, 0.3) is 0 Å². The number of carboxylic acids is 1. The Hall–Kier alpha value is -1.55. The molecular weight excluding hydrogens is 206 g/mol. The fourth-order valence-corrected chi connectivity index (χ4v) is 1.13. The molecule has 0 saturated heterocycles. The topological polar surface area (TPSA) is 72.5 Å². The van der Waals surface area contributed by atoms with Gasteiger partial charge >= 0.3 is 5.97 Å². The smallest absolute Gasteiger partial charge is 0.312 e. The van der Waals surface area contributed by atoms with Gasteiger partial charge in [0.1, 0.15) is 12.4 Å². The van der Waals surface area contributed by atoms with Gasteiger partial charge in [0.2, 0.25) is 0 Å². The van der Waals surface area contributed by atoms with E-state index in [4.69, 9.17) is 15.6 Å². The standard InChI is InChI=1S/C12H17NO3/c1-12(2,11(14)15)8-16-10-6-4-3-5-9(10)7-13/h3-6H,7-8,13H2,1-2H3,(H,14,15). The van der Waals surface area contributed by atoms with Crippen molar-refractivity contribution in [2.24, 2.45) is 11.1 Å². The molecule has 4 nitrogen and oxygen atoms in total. The lowest BCUT2D eigenvalue weighted by molar-refractivity contribution is -0.148. The van der Waals surface area contributed by atoms with E-state index in [0.717, 1.165) is 5.56 Å². The number of hydrogen-bond donors (Lipinski definition) is 2. The molecule has 0 saturated carbocycles. The summed E-state index contributed by atoms with van der Waals surface area (Å²) in [7, 11) is 0. The van der Waals surface area contributed by atoms with Crippen LogP contribution in [0, 0.1) is 5.41 Å². The molecule has 0 fully saturated rings. The molecule has 0 amide bonds. The number of aliphatic carboxylic acids is 1. The maximum Gasteiger partial charge on any atom is 0.312 e. The third-order valence-corrected chi connectivity index (χ3v) is 2.36. The summed E-state index contributed by atoms with van der Waals surface area (Å²) in [5.74, 6) is -0.225. The van der Waals surface area contributed by atoms with Crippen molar-refractivity contribution >= 4 is 5.97 Å². The van der Waals surface area contributed by atoms with Gasteiger partial charge in [-0.1, -0.05) is 18.2 Å². The molecule has 16 heavy (non-hydrogen) atoms. The molecule has 0 spiro atoms. The molecule has 1 aromatic carbocycles. The lowest BCUT2D eigenvalue weighted by atomic mass is 9.95. The Labute approximate surface area is 95.0 Å². The first-order chi connectivity index (χ1) is 7.47. The van der Waals surface area contributed by atoms with E-state index in [9.17, 15) is 4.79 Å². The minimum absolute atomic E-state index is 0.124. The second-order valence-corrected chi connectivity index (χ2v) is 4.29. The summed E-state index contributed by atoms with van der Waals surface area (Å²) in [5, 5.41) is 8.94. The van der Waals surface area contributed by atoms with Crippen LogP contribution < -0.4 is 10.5 Å². The van der Waals surface area contributed by atoms with Crippen molar-refractivity contribution in [1.29, 1.82) is 0 Å². The summed E-state index contributed by atoms with van der Waals surface area (Å²) >= 11 is 0. The highest BCUT2D eigenvalue weighted by molar-refractivity contribution is 5.73. The number of rotatable bonds is 5. The molecular formula is C12H17NO3. The van der Waals surface area contributed by atoms with Crippen molar-refractivity contribution in [3.63, 3.8) is 0 Å². The first kappa shape index (κ1) is 12.5. The quantitative estimate of drug-likeness (QED) is 0.795. The van der Waals surface area contributed by atoms with E-state index in [1.165, 1.54) is 0 Å². The third kappa shape index (κ3) is 2.97. The van der Waals surface area contributed by atoms with Crippen LogP contribution in [-0.4, -0.2) is 17.7 Å². The van der Waals surface area contributed by atoms with Gasteiger partial charge < -0.3 is 15.6 Å². The number of benzene rings is 1. The van der Waals surface area contributed by atoms with E-state index in [1.54, 1.807) is 19.9 Å². The summed E-state index contributed by atoms with van der Waals surface area (Å²) in [6.45, 7) is 3.75. The second-order valence-electron chi connectivity index (χ2n) is 4.29. The van der Waals surface area contributed by atoms with Crippen LogP contribution >= 0.6 is 0 Å². The molecule has 0 radical (unpaired) electrons. The SMILES string of the molecule is CC(C)(COc1ccccc1CN)C(=O)O. The Morgan fingerprint density at radius 2 is 2.06 bits per heavy atom. The summed E-state index contributed by atoms with van der Waals surface area (Å²) < 4.78 is 5.49. The predicted octanol–water partition coefficient (Wildman–Crippen LogP) is 1.63. The van der Waals surface area contributed by atoms with Gasteiger partial charge in [-0.25, -0.2) is 0 Å². The van der Waals surface area contributed by atoms with Crippen LogP contribution in [0.3, 0.4) is 0 Å². The zero-order chi connectivity index (χ0) is 12.2. The van der Waals surface area contributed by atoms with Gasteiger partial charge in [0.15, 0.2) is 0 Å². The molecule has 0 aliphatic rings. The van der Waals surface area contributed by atoms with Gasteiger partial charge in [-0.05, 0) is 19.9 Å². The molecule has 0 atom stereocenters. The average Bonchev–Trinajstić information content (AvgIpc) is 2.26. The second kappa shape index (κ2) is 4.99. The summed E-state index contributed by atoms with van der Waals surface area (Å²) in [6.07, 6.45) is 0. The van der Waals surface area contributed by atoms with Gasteiger partial charge in [-0.2, -0.15) is 0 Å². The van der Waals surface area contributed by atoms with Crippen molar-refractivity contribution in [2.75, 3.05) is 6.61 Å². The van der Waals surface area contributed by atoms with Gasteiger partial charge in [0.25, 0.3) is 0 Å². The lowest BCUT2D eigenvalue weighted by Crippen LogP contribution is -2.30. The molecule has 0 unspecified atom stereocenters. The number of ether oxygens (including phenoxy) is 1. The fraction of sp³-hybridized carbons (Fsp3) is 0.417. The van der Waals surface area contributed by atoms with Crippen LogP contribution in [0.1, 0.15) is 19.4 Å². The number of carbonyl (C=O) groups is 1. The van der Waals surface area contributed by atoms with Crippen molar-refractivity contribution in [3.8, 4) is 5.75 Å². The Morgan fingerprint density at radius 1 is 1.44 bits per heavy atom. The Kier molecular flexibility index (Phi) is 3.90. The number of hydrogen-bond acceptors (Lipinski definition) is 3. The third-order valence-electron chi connectivity index (χ3n) is 2.36. The normalized spacial score (nSPS) is 11.2. The van der Waals surface area contributed by atoms with E-state index in [0.29, 0.717) is 12.3 Å². The van der Waals surface area contributed by atoms with E-state index >= 15 is 0 Å². The Bertz CT molecular complexity index is 374. The monoisotopic (exact) mass is 223 g/mol. The number of nitrogens with two attached hydrogens (primary N) is 1. The molecule has 88 valence electrons. The molecule has 1 aromatic rings. The summed E-state index contributed by atoms with van der Waals surface area (Å²) in [6, 6.07) is 7.36. The first-order valence-electron chi connectivity index (χ1n) is 5.11. The lowest BCUT2D eigenvalue weighted by Gasteiger charge is -2.20. The van der Waals surface area contributed by atoms with Gasteiger partial charge in [-0.3, -0.25) is 4.79 Å². The highest BCUT2D eigenvalue weighted by Crippen LogP contribution is 2.21. The van der Waals surface area contributed by atoms with Crippen LogP contribution in [0.15, 0.2) is 24.3 Å². The molecule has 3 N–H and O–H groups in total. The fourth-order valence-electron chi connectivity index (χ4n) is 1.13. The number of para-hydroxylation sites is 1. The maximum absolute atomic E-state index is 10.9. The zero-order valence-corrected chi connectivity index (χ0v) is 9.56. The van der Waals surface area contributed by atoms with Crippen LogP contribution in [0.5, 0.6) is 5.75 Å². The molecule has 0 bridgehead atoms. The predicted molar refractivity (Wildman–Crippen MR) is 61.2 cm³/mol. The number of carboxylic acid groups (broad SMARTS) is 1. The van der Waals surface area contributed by atoms with Crippen molar-refractivity contribution in [3.05, 3.63) is 29.8 Å². The van der Waals surface area contributed by atoms with E-state index in [2.05, 4.69) is 0 Å². The summed E-state index contributed by atoms with van der Waals surface area (Å²) in [4.78, 5) is 10.9. The zero-order valence-electron chi connectivity index (χ0n) is 9.56. The molecule has 0 aliphatic carbocycles. The molecule has 0 aromatic heterocycles. The molecule has 0 heterocycles. The van der Waals surface area contributed by atoms with E-state index < -0.39 is 11.4 Å². The van der Waals surface area contributed by atoms with E-state index in [1.807, 2.05) is 18.2 Å². The molecule has 4 heteroatoms. The Balaban J connectivity index is 2.71. The largest absolute Gasteiger partial charge is 0.492 e. The highest BCUT2D eigenvalue weighted by Gasteiger charge is 2.28. The molecule has 0 aliphatic heterocycles. The van der Waals surface area contributed by atoms with Crippen molar-refractivity contribution in [2.45, 2.75) is 20.4 Å². The first-order valence-corrected chi connectivity index (χ1v) is 5.11. The van der Waals surface area contributed by atoms with Gasteiger partial charge in [0, 0.05) is 12.1 Å². The van der Waals surface area contributed by atoms with Gasteiger partial charge in [0.05, 0.1) is 5.41 Å². The summed E-state index contributed by atoms with van der Waals surface area (Å²) in [5.41, 5.74) is 5.53. The average molecular weight is 223 g/mol. The van der Waals surface area contributed by atoms with Crippen LogP contribution in [0.4, 0.5) is 0 Å². The minimum atomic E-state index is -0.901.